The number of hydrogen-bond acceptors (Lipinski definition) is 6. The topological polar surface area (TPSA) is 148 Å². The van der Waals surface area contributed by atoms with E-state index in [-0.39, 0.29) is 11.5 Å². The van der Waals surface area contributed by atoms with E-state index in [0.717, 1.165) is 12.1 Å². The molecule has 0 fully saturated rings. The summed E-state index contributed by atoms with van der Waals surface area (Å²) in [4.78, 5) is 35.6. The number of hydrogen-bond donors (Lipinski definition) is 3. The van der Waals surface area contributed by atoms with E-state index in [1.165, 1.54) is 13.8 Å². The lowest BCUT2D eigenvalue weighted by molar-refractivity contribution is -0.384. The summed E-state index contributed by atoms with van der Waals surface area (Å²) < 4.78 is 0. The van der Waals surface area contributed by atoms with Crippen LogP contribution in [0, 0.1) is 10.1 Å². The van der Waals surface area contributed by atoms with E-state index < -0.39 is 28.0 Å². The number of amides is 1. The van der Waals surface area contributed by atoms with Gasteiger partial charge in [-0.25, -0.2) is 9.78 Å². The number of nitrogens with two attached hydrogens (primary N) is 1. The lowest BCUT2D eigenvalue weighted by Gasteiger charge is -2.22. The summed E-state index contributed by atoms with van der Waals surface area (Å²) in [5.74, 6) is -2.42. The number of aromatic carboxylic acids is 1. The van der Waals surface area contributed by atoms with Gasteiger partial charge in [0, 0.05) is 6.07 Å². The molecule has 1 heterocycles. The van der Waals surface area contributed by atoms with E-state index in [2.05, 4.69) is 10.3 Å². The van der Waals surface area contributed by atoms with Gasteiger partial charge in [0.15, 0.2) is 5.69 Å². The first-order chi connectivity index (χ1) is 8.65. The quantitative estimate of drug-likeness (QED) is 0.515. The highest BCUT2D eigenvalue weighted by Crippen LogP contribution is 2.25. The second kappa shape index (κ2) is 4.88. The zero-order valence-electron chi connectivity index (χ0n) is 10.2. The smallest absolute Gasteiger partial charge is 0.354 e. The summed E-state index contributed by atoms with van der Waals surface area (Å²) >= 11 is 0. The minimum Gasteiger partial charge on any atom is -0.477 e. The minimum atomic E-state index is -1.34. The molecular weight excluding hydrogens is 256 g/mol. The summed E-state index contributed by atoms with van der Waals surface area (Å²) in [6.07, 6.45) is 0. The number of carbonyl (C=O) groups excluding carboxylic acids is 1. The Labute approximate surface area is 107 Å². The zero-order valence-corrected chi connectivity index (χ0v) is 10.2. The average molecular weight is 268 g/mol. The number of carboxylic acids is 1. The van der Waals surface area contributed by atoms with Gasteiger partial charge in [-0.1, -0.05) is 0 Å². The number of nitrogens with zero attached hydrogens (tertiary/aromatic N) is 2. The van der Waals surface area contributed by atoms with Crippen molar-refractivity contribution in [1.82, 2.24) is 4.98 Å². The van der Waals surface area contributed by atoms with Gasteiger partial charge in [-0.2, -0.15) is 0 Å². The molecule has 0 atom stereocenters. The first kappa shape index (κ1) is 14.4. The maximum absolute atomic E-state index is 11.2. The highest BCUT2D eigenvalue weighted by Gasteiger charge is 2.29. The van der Waals surface area contributed by atoms with E-state index >= 15 is 0 Å². The number of pyridine rings is 1. The third-order valence-corrected chi connectivity index (χ3v) is 2.34. The van der Waals surface area contributed by atoms with E-state index in [1.807, 2.05) is 0 Å². The molecule has 102 valence electrons. The third kappa shape index (κ3) is 3.15. The largest absolute Gasteiger partial charge is 0.477 e. The first-order valence-corrected chi connectivity index (χ1v) is 5.12. The predicted molar refractivity (Wildman–Crippen MR) is 64.7 cm³/mol. The summed E-state index contributed by atoms with van der Waals surface area (Å²) in [5.41, 5.74) is 2.99. The van der Waals surface area contributed by atoms with Gasteiger partial charge in [-0.05, 0) is 19.9 Å². The van der Waals surface area contributed by atoms with Crippen molar-refractivity contribution in [2.24, 2.45) is 5.73 Å². The Bertz CT molecular complexity index is 555. The fourth-order valence-electron chi connectivity index (χ4n) is 1.17. The van der Waals surface area contributed by atoms with Crippen molar-refractivity contribution in [3.05, 3.63) is 27.9 Å². The lowest BCUT2D eigenvalue weighted by Crippen LogP contribution is -2.45. The molecular formula is C10H12N4O5. The Morgan fingerprint density at radius 2 is 2.05 bits per heavy atom. The van der Waals surface area contributed by atoms with E-state index in [0.29, 0.717) is 0 Å². The fraction of sp³-hybridized carbons (Fsp3) is 0.300. The van der Waals surface area contributed by atoms with Crippen LogP contribution in [0.15, 0.2) is 12.1 Å². The van der Waals surface area contributed by atoms with Crippen molar-refractivity contribution in [3.63, 3.8) is 0 Å². The maximum Gasteiger partial charge on any atom is 0.354 e. The fourth-order valence-corrected chi connectivity index (χ4v) is 1.17. The first-order valence-electron chi connectivity index (χ1n) is 5.12. The molecule has 19 heavy (non-hydrogen) atoms. The molecule has 0 saturated heterocycles. The molecule has 0 unspecified atom stereocenters. The van der Waals surface area contributed by atoms with E-state index in [1.54, 1.807) is 0 Å². The Kier molecular flexibility index (Phi) is 3.69. The standard InChI is InChI=1S/C10H12N4O5/c1-10(2,9(11)17)13-7-6(14(18)19)4-3-5(12-7)8(15)16/h3-4H,1-2H3,(H2,11,17)(H,12,13)(H,15,16). The Hall–Kier alpha value is -2.71. The molecule has 0 aromatic carbocycles. The monoisotopic (exact) mass is 268 g/mol. The van der Waals surface area contributed by atoms with Gasteiger partial charge in [0.05, 0.1) is 4.92 Å². The number of nitro groups is 1. The van der Waals surface area contributed by atoms with Crippen LogP contribution < -0.4 is 11.1 Å². The Morgan fingerprint density at radius 3 is 2.47 bits per heavy atom. The molecule has 0 radical (unpaired) electrons. The van der Waals surface area contributed by atoms with Crippen LogP contribution >= 0.6 is 0 Å². The number of aromatic nitrogens is 1. The van der Waals surface area contributed by atoms with Crippen molar-refractivity contribution in [2.75, 3.05) is 5.32 Å². The molecule has 0 spiro atoms. The number of carboxylic acid groups (broad SMARTS) is 1. The van der Waals surface area contributed by atoms with Gasteiger partial charge < -0.3 is 16.2 Å². The number of anilines is 1. The minimum absolute atomic E-state index is 0.325. The van der Waals surface area contributed by atoms with Crippen molar-refractivity contribution in [3.8, 4) is 0 Å². The summed E-state index contributed by atoms with van der Waals surface area (Å²) in [7, 11) is 0. The molecule has 0 saturated carbocycles. The normalized spacial score (nSPS) is 10.8. The van der Waals surface area contributed by atoms with Gasteiger partial charge in [0.2, 0.25) is 11.7 Å². The molecule has 4 N–H and O–H groups in total. The summed E-state index contributed by atoms with van der Waals surface area (Å²) in [6.45, 7) is 2.79. The van der Waals surface area contributed by atoms with Crippen LogP contribution in [-0.2, 0) is 4.79 Å². The number of carbonyl (C=O) groups is 2. The van der Waals surface area contributed by atoms with Crippen LogP contribution in [0.5, 0.6) is 0 Å². The summed E-state index contributed by atoms with van der Waals surface area (Å²) in [5, 5.41) is 22.1. The van der Waals surface area contributed by atoms with E-state index in [9.17, 15) is 19.7 Å². The Balaban J connectivity index is 3.29. The van der Waals surface area contributed by atoms with Crippen LogP contribution in [0.3, 0.4) is 0 Å². The molecule has 9 heteroatoms. The second-order valence-corrected chi connectivity index (χ2v) is 4.24. The molecule has 0 aliphatic carbocycles. The molecule has 0 aliphatic heterocycles. The molecule has 1 aromatic rings. The van der Waals surface area contributed by atoms with Gasteiger partial charge in [-0.15, -0.1) is 0 Å². The van der Waals surface area contributed by atoms with Crippen LogP contribution in [0.1, 0.15) is 24.3 Å². The second-order valence-electron chi connectivity index (χ2n) is 4.24. The lowest BCUT2D eigenvalue weighted by atomic mass is 10.1. The van der Waals surface area contributed by atoms with Gasteiger partial charge in [-0.3, -0.25) is 14.9 Å². The number of nitrogens with one attached hydrogen (secondary N) is 1. The van der Waals surface area contributed by atoms with Crippen LogP contribution in [-0.4, -0.2) is 32.4 Å². The SMILES string of the molecule is CC(C)(Nc1nc(C(=O)O)ccc1[N+](=O)[O-])C(N)=O. The molecule has 1 amide bonds. The highest BCUT2D eigenvalue weighted by molar-refractivity contribution is 5.89. The van der Waals surface area contributed by atoms with Gasteiger partial charge in [0.25, 0.3) is 0 Å². The van der Waals surface area contributed by atoms with Crippen molar-refractivity contribution < 1.29 is 19.6 Å². The third-order valence-electron chi connectivity index (χ3n) is 2.34. The van der Waals surface area contributed by atoms with Crippen LogP contribution in [0.4, 0.5) is 11.5 Å². The maximum atomic E-state index is 11.2. The van der Waals surface area contributed by atoms with Crippen LogP contribution in [0.25, 0.3) is 0 Å². The van der Waals surface area contributed by atoms with Crippen molar-refractivity contribution in [2.45, 2.75) is 19.4 Å². The molecule has 1 aromatic heterocycles. The van der Waals surface area contributed by atoms with Gasteiger partial charge >= 0.3 is 11.7 Å². The van der Waals surface area contributed by atoms with E-state index in [4.69, 9.17) is 10.8 Å². The zero-order chi connectivity index (χ0) is 14.8. The molecule has 1 rings (SSSR count). The average Bonchev–Trinajstić information content (AvgIpc) is 2.27. The number of primary amides is 1. The highest BCUT2D eigenvalue weighted by atomic mass is 16.6. The van der Waals surface area contributed by atoms with Crippen LogP contribution in [0.2, 0.25) is 0 Å². The Morgan fingerprint density at radius 1 is 1.47 bits per heavy atom. The van der Waals surface area contributed by atoms with Crippen molar-refractivity contribution >= 4 is 23.4 Å². The number of rotatable bonds is 5. The van der Waals surface area contributed by atoms with Crippen molar-refractivity contribution in [1.29, 1.82) is 0 Å². The summed E-state index contributed by atoms with van der Waals surface area (Å²) in [6, 6.07) is 2.00. The molecule has 0 aliphatic rings. The predicted octanol–water partition coefficient (Wildman–Crippen LogP) is 0.364. The van der Waals surface area contributed by atoms with Gasteiger partial charge in [0.1, 0.15) is 5.54 Å². The molecule has 9 nitrogen and oxygen atoms in total. The molecule has 0 bridgehead atoms.